The summed E-state index contributed by atoms with van der Waals surface area (Å²) in [5.41, 5.74) is 8.12. The Hall–Kier alpha value is -1.79. The van der Waals surface area contributed by atoms with E-state index >= 15 is 0 Å². The third kappa shape index (κ3) is 2.23. The minimum absolute atomic E-state index is 0.147. The molecule has 0 unspecified atom stereocenters. The largest absolute Gasteiger partial charge is 0.370 e. The van der Waals surface area contributed by atoms with Crippen LogP contribution in [-0.2, 0) is 0 Å². The fourth-order valence-corrected chi connectivity index (χ4v) is 1.33. The van der Waals surface area contributed by atoms with Crippen LogP contribution in [0, 0.1) is 0 Å². The number of hydrogen-bond acceptors (Lipinski definition) is 5. The number of carbonyl (C=O) groups is 1. The zero-order valence-electron chi connectivity index (χ0n) is 8.66. The maximum absolute atomic E-state index is 11.7. The van der Waals surface area contributed by atoms with Crippen LogP contribution in [0.25, 0.3) is 0 Å². The van der Waals surface area contributed by atoms with Crippen LogP contribution in [0.1, 0.15) is 16.8 Å². The number of nitrogens with two attached hydrogens (primary N) is 1. The van der Waals surface area contributed by atoms with Gasteiger partial charge in [0.25, 0.3) is 5.91 Å². The predicted octanol–water partition coefficient (Wildman–Crippen LogP) is -0.0440. The van der Waals surface area contributed by atoms with E-state index in [9.17, 15) is 4.79 Å². The van der Waals surface area contributed by atoms with Gasteiger partial charge in [0, 0.05) is 17.8 Å². The monoisotopic (exact) mass is 223 g/mol. The molecule has 6 nitrogen and oxygen atoms in total. The lowest BCUT2D eigenvalue weighted by Crippen LogP contribution is -2.25. The molecule has 1 aromatic rings. The highest BCUT2D eigenvalue weighted by Gasteiger charge is 2.16. The number of rotatable bonds is 4. The Balaban J connectivity index is 2.01. The first-order valence-corrected chi connectivity index (χ1v) is 5.02. The number of amides is 1. The lowest BCUT2D eigenvalue weighted by Gasteiger charge is -2.04. The van der Waals surface area contributed by atoms with Crippen molar-refractivity contribution in [3.05, 3.63) is 23.8 Å². The summed E-state index contributed by atoms with van der Waals surface area (Å²) in [7, 11) is 0. The molecule has 0 aromatic heterocycles. The van der Waals surface area contributed by atoms with Crippen LogP contribution in [0.2, 0.25) is 0 Å². The average molecular weight is 223 g/mol. The number of nitrogens with one attached hydrogen (secondary N) is 2. The summed E-state index contributed by atoms with van der Waals surface area (Å²) in [5.74, 6) is 0.928. The molecule has 86 valence electrons. The molecule has 0 saturated heterocycles. The summed E-state index contributed by atoms with van der Waals surface area (Å²) in [6.07, 6.45) is 0.762. The standard InChI is InChI=1S/C10H13N3O3/c11-4-1-5-12-10(14)7-2-3-8-9(6-7)16-13-15-8/h2-3,6,13H,1,4-5,11H2,(H,12,14). The third-order valence-corrected chi connectivity index (χ3v) is 2.18. The van der Waals surface area contributed by atoms with Crippen LogP contribution in [0.5, 0.6) is 11.5 Å². The second-order valence-electron chi connectivity index (χ2n) is 3.35. The summed E-state index contributed by atoms with van der Waals surface area (Å²) < 4.78 is 0. The fourth-order valence-electron chi connectivity index (χ4n) is 1.33. The van der Waals surface area contributed by atoms with Crippen LogP contribution in [0.15, 0.2) is 18.2 Å². The van der Waals surface area contributed by atoms with Crippen molar-refractivity contribution >= 4 is 5.91 Å². The lowest BCUT2D eigenvalue weighted by atomic mass is 10.2. The molecule has 0 atom stereocenters. The van der Waals surface area contributed by atoms with E-state index in [2.05, 4.69) is 11.0 Å². The average Bonchev–Trinajstić information content (AvgIpc) is 2.76. The minimum Gasteiger partial charge on any atom is -0.370 e. The van der Waals surface area contributed by atoms with Crippen LogP contribution < -0.4 is 26.4 Å². The molecule has 6 heteroatoms. The molecule has 1 aliphatic heterocycles. The van der Waals surface area contributed by atoms with Crippen molar-refractivity contribution in [1.82, 2.24) is 11.0 Å². The first-order chi connectivity index (χ1) is 7.81. The van der Waals surface area contributed by atoms with Gasteiger partial charge in [0.1, 0.15) is 0 Å². The summed E-state index contributed by atoms with van der Waals surface area (Å²) in [4.78, 5) is 21.5. The number of benzene rings is 1. The number of fused-ring (bicyclic) bond motifs is 1. The Morgan fingerprint density at radius 2 is 2.19 bits per heavy atom. The van der Waals surface area contributed by atoms with Gasteiger partial charge in [-0.15, -0.1) is 0 Å². The van der Waals surface area contributed by atoms with Crippen LogP contribution >= 0.6 is 0 Å². The summed E-state index contributed by atoms with van der Waals surface area (Å²) in [5, 5.41) is 2.76. The Morgan fingerprint density at radius 3 is 3.00 bits per heavy atom. The maximum atomic E-state index is 11.7. The molecule has 0 bridgehead atoms. The van der Waals surface area contributed by atoms with Gasteiger partial charge in [0.2, 0.25) is 0 Å². The van der Waals surface area contributed by atoms with Gasteiger partial charge >= 0.3 is 0 Å². The van der Waals surface area contributed by atoms with Crippen molar-refractivity contribution in [2.75, 3.05) is 13.1 Å². The second-order valence-corrected chi connectivity index (χ2v) is 3.35. The number of hydrogen-bond donors (Lipinski definition) is 3. The van der Waals surface area contributed by atoms with Gasteiger partial charge < -0.3 is 20.7 Å². The fraction of sp³-hybridized carbons (Fsp3) is 0.300. The van der Waals surface area contributed by atoms with Gasteiger partial charge in [0.05, 0.1) is 0 Å². The molecule has 2 rings (SSSR count). The maximum Gasteiger partial charge on any atom is 0.251 e. The quantitative estimate of drug-likeness (QED) is 0.623. The molecule has 0 aliphatic carbocycles. The Labute approximate surface area is 92.6 Å². The van der Waals surface area contributed by atoms with Crippen molar-refractivity contribution in [2.24, 2.45) is 5.73 Å². The van der Waals surface area contributed by atoms with Crippen molar-refractivity contribution in [1.29, 1.82) is 0 Å². The Morgan fingerprint density at radius 1 is 1.38 bits per heavy atom. The zero-order chi connectivity index (χ0) is 11.4. The third-order valence-electron chi connectivity index (χ3n) is 2.18. The molecular formula is C10H13N3O3. The summed E-state index contributed by atoms with van der Waals surface area (Å²) in [6, 6.07) is 4.97. The zero-order valence-corrected chi connectivity index (χ0v) is 8.66. The molecule has 1 aromatic carbocycles. The van der Waals surface area contributed by atoms with E-state index in [0.29, 0.717) is 30.2 Å². The molecular weight excluding hydrogens is 210 g/mol. The highest BCUT2D eigenvalue weighted by atomic mass is 16.9. The molecule has 1 aliphatic rings. The Kier molecular flexibility index (Phi) is 3.23. The smallest absolute Gasteiger partial charge is 0.251 e. The molecule has 0 spiro atoms. The van der Waals surface area contributed by atoms with E-state index in [0.717, 1.165) is 6.42 Å². The van der Waals surface area contributed by atoms with Crippen LogP contribution in [0.4, 0.5) is 0 Å². The molecule has 0 radical (unpaired) electrons. The molecule has 1 amide bonds. The minimum atomic E-state index is -0.147. The van der Waals surface area contributed by atoms with E-state index in [1.807, 2.05) is 0 Å². The summed E-state index contributed by atoms with van der Waals surface area (Å²) >= 11 is 0. The van der Waals surface area contributed by atoms with Gasteiger partial charge in [-0.1, -0.05) is 0 Å². The number of carbonyl (C=O) groups excluding carboxylic acids is 1. The molecule has 0 fully saturated rings. The van der Waals surface area contributed by atoms with Crippen LogP contribution in [0.3, 0.4) is 0 Å². The van der Waals surface area contributed by atoms with Crippen molar-refractivity contribution in [3.8, 4) is 11.5 Å². The first kappa shape index (κ1) is 10.7. The van der Waals surface area contributed by atoms with Gasteiger partial charge in [-0.2, -0.15) is 0 Å². The van der Waals surface area contributed by atoms with Crippen LogP contribution in [-0.4, -0.2) is 19.0 Å². The van der Waals surface area contributed by atoms with Gasteiger partial charge in [-0.3, -0.25) is 4.79 Å². The predicted molar refractivity (Wildman–Crippen MR) is 56.8 cm³/mol. The first-order valence-electron chi connectivity index (χ1n) is 5.02. The van der Waals surface area contributed by atoms with Gasteiger partial charge in [-0.25, -0.2) is 0 Å². The normalized spacial score (nSPS) is 12.6. The topological polar surface area (TPSA) is 85.6 Å². The highest BCUT2D eigenvalue weighted by molar-refractivity contribution is 5.94. The highest BCUT2D eigenvalue weighted by Crippen LogP contribution is 2.30. The SMILES string of the molecule is NCCCNC(=O)c1ccc2c(c1)ONO2. The molecule has 1 heterocycles. The Bertz CT molecular complexity index is 395. The van der Waals surface area contributed by atoms with Crippen molar-refractivity contribution < 1.29 is 14.5 Å². The summed E-state index contributed by atoms with van der Waals surface area (Å²) in [6.45, 7) is 1.13. The second kappa shape index (κ2) is 4.82. The van der Waals surface area contributed by atoms with Crippen molar-refractivity contribution in [3.63, 3.8) is 0 Å². The van der Waals surface area contributed by atoms with E-state index < -0.39 is 0 Å². The van der Waals surface area contributed by atoms with E-state index in [1.54, 1.807) is 18.2 Å². The molecule has 0 saturated carbocycles. The molecule has 4 N–H and O–H groups in total. The van der Waals surface area contributed by atoms with E-state index in [4.69, 9.17) is 15.4 Å². The van der Waals surface area contributed by atoms with Crippen molar-refractivity contribution in [2.45, 2.75) is 6.42 Å². The van der Waals surface area contributed by atoms with Gasteiger partial charge in [-0.05, 0) is 31.2 Å². The van der Waals surface area contributed by atoms with E-state index in [-0.39, 0.29) is 5.91 Å². The van der Waals surface area contributed by atoms with Gasteiger partial charge in [0.15, 0.2) is 11.5 Å². The van der Waals surface area contributed by atoms with E-state index in [1.165, 1.54) is 0 Å². The molecule has 16 heavy (non-hydrogen) atoms. The lowest BCUT2D eigenvalue weighted by molar-refractivity contribution is 0.0259.